The number of hydrogen-bond acceptors (Lipinski definition) is 5. The van der Waals surface area contributed by atoms with Gasteiger partial charge in [0.25, 0.3) is 0 Å². The Labute approximate surface area is 161 Å². The van der Waals surface area contributed by atoms with E-state index in [9.17, 15) is 9.18 Å². The number of benzene rings is 2. The molecule has 0 aliphatic carbocycles. The molecule has 2 aromatic carbocycles. The lowest BCUT2D eigenvalue weighted by Crippen LogP contribution is -2.06. The minimum absolute atomic E-state index is 0.118. The lowest BCUT2D eigenvalue weighted by molar-refractivity contribution is -0.129. The Morgan fingerprint density at radius 1 is 1.19 bits per heavy atom. The van der Waals surface area contributed by atoms with E-state index in [1.54, 1.807) is 12.1 Å². The molecule has 26 heavy (non-hydrogen) atoms. The van der Waals surface area contributed by atoms with Crippen LogP contribution in [-0.2, 0) is 9.53 Å². The molecule has 2 heterocycles. The predicted molar refractivity (Wildman–Crippen MR) is 101 cm³/mol. The number of hydrogen-bond donors (Lipinski definition) is 0. The molecule has 8 heteroatoms. The third-order valence-corrected chi connectivity index (χ3v) is 4.61. The van der Waals surface area contributed by atoms with Gasteiger partial charge in [-0.15, -0.1) is 0 Å². The fourth-order valence-electron chi connectivity index (χ4n) is 2.45. The lowest BCUT2D eigenvalue weighted by Gasteiger charge is -2.03. The zero-order valence-electron chi connectivity index (χ0n) is 13.1. The number of halogens is 2. The quantitative estimate of drug-likeness (QED) is 0.342. The van der Waals surface area contributed by atoms with E-state index in [0.717, 1.165) is 9.13 Å². The third kappa shape index (κ3) is 3.15. The molecule has 1 aliphatic heterocycles. The molecule has 6 nitrogen and oxygen atoms in total. The molecule has 0 spiro atoms. The average Bonchev–Trinajstić information content (AvgIpc) is 3.26. The first-order valence-corrected chi connectivity index (χ1v) is 8.62. The Bertz CT molecular complexity index is 1060. The van der Waals surface area contributed by atoms with Gasteiger partial charge in [-0.25, -0.2) is 23.8 Å². The molecule has 0 fully saturated rings. The van der Waals surface area contributed by atoms with Crippen LogP contribution in [0.1, 0.15) is 11.1 Å². The summed E-state index contributed by atoms with van der Waals surface area (Å²) in [6, 6.07) is 12.0. The van der Waals surface area contributed by atoms with E-state index in [1.807, 2.05) is 24.3 Å². The highest BCUT2D eigenvalue weighted by molar-refractivity contribution is 14.1. The van der Waals surface area contributed by atoms with E-state index in [0.29, 0.717) is 5.56 Å². The minimum atomic E-state index is -0.569. The molecule has 1 aromatic heterocycles. The van der Waals surface area contributed by atoms with Crippen molar-refractivity contribution in [2.75, 3.05) is 0 Å². The van der Waals surface area contributed by atoms with Crippen molar-refractivity contribution in [1.29, 1.82) is 0 Å². The van der Waals surface area contributed by atoms with Crippen molar-refractivity contribution < 1.29 is 13.9 Å². The number of aliphatic imine (C=N–C) groups is 1. The van der Waals surface area contributed by atoms with Crippen LogP contribution in [0, 0.1) is 9.39 Å². The molecule has 0 atom stereocenters. The number of ether oxygens (including phenoxy) is 1. The molecule has 0 bridgehead atoms. The zero-order chi connectivity index (χ0) is 18.1. The molecule has 3 aromatic rings. The smallest absolute Gasteiger partial charge is 0.363 e. The first-order valence-electron chi connectivity index (χ1n) is 7.54. The molecule has 0 saturated carbocycles. The molecule has 128 valence electrons. The van der Waals surface area contributed by atoms with Gasteiger partial charge in [-0.2, -0.15) is 5.10 Å². The summed E-state index contributed by atoms with van der Waals surface area (Å²) in [7, 11) is 0. The summed E-state index contributed by atoms with van der Waals surface area (Å²) in [4.78, 5) is 20.1. The monoisotopic (exact) mass is 460 g/mol. The number of rotatable bonds is 3. The van der Waals surface area contributed by atoms with E-state index >= 15 is 0 Å². The number of aromatic nitrogens is 3. The second kappa shape index (κ2) is 6.79. The van der Waals surface area contributed by atoms with Crippen molar-refractivity contribution in [3.8, 4) is 5.69 Å². The predicted octanol–water partition coefficient (Wildman–Crippen LogP) is 3.36. The molecule has 0 amide bonds. The molecular weight excluding hydrogens is 450 g/mol. The normalized spacial score (nSPS) is 15.2. The maximum Gasteiger partial charge on any atom is 0.363 e. The summed E-state index contributed by atoms with van der Waals surface area (Å²) in [6.07, 6.45) is 4.22. The summed E-state index contributed by atoms with van der Waals surface area (Å²) in [5, 5.41) is 3.90. The zero-order valence-corrected chi connectivity index (χ0v) is 15.3. The van der Waals surface area contributed by atoms with Crippen molar-refractivity contribution in [2.45, 2.75) is 0 Å². The van der Waals surface area contributed by atoms with Crippen LogP contribution in [0.25, 0.3) is 11.8 Å². The fourth-order valence-corrected chi connectivity index (χ4v) is 3.07. The third-order valence-electron chi connectivity index (χ3n) is 3.67. The number of esters is 1. The lowest BCUT2D eigenvalue weighted by atomic mass is 10.1. The van der Waals surface area contributed by atoms with Crippen LogP contribution < -0.4 is 0 Å². The number of carbonyl (C=O) groups is 1. The van der Waals surface area contributed by atoms with Gasteiger partial charge in [-0.05, 0) is 58.5 Å². The SMILES string of the molecule is O=C1OC(c2ccccc2I)=N/C1=C/c1ccc(-n2cncn2)c(F)c1. The van der Waals surface area contributed by atoms with E-state index in [1.165, 1.54) is 29.5 Å². The van der Waals surface area contributed by atoms with Gasteiger partial charge in [0.2, 0.25) is 5.90 Å². The minimum Gasteiger partial charge on any atom is -0.402 e. The van der Waals surface area contributed by atoms with Crippen LogP contribution in [-0.4, -0.2) is 26.6 Å². The molecule has 0 saturated heterocycles. The van der Waals surface area contributed by atoms with Crippen molar-refractivity contribution in [3.63, 3.8) is 0 Å². The van der Waals surface area contributed by atoms with Crippen LogP contribution in [0.15, 0.2) is 65.8 Å². The van der Waals surface area contributed by atoms with E-state index in [4.69, 9.17) is 4.74 Å². The summed E-state index contributed by atoms with van der Waals surface area (Å²) < 4.78 is 21.8. The largest absolute Gasteiger partial charge is 0.402 e. The Hall–Kier alpha value is -2.88. The van der Waals surface area contributed by atoms with Crippen LogP contribution in [0.5, 0.6) is 0 Å². The standard InChI is InChI=1S/C18H10FIN4O2/c19-13-7-11(5-6-16(13)24-10-21-9-22-24)8-15-18(25)26-17(23-15)12-3-1-2-4-14(12)20/h1-10H/b15-8+. The van der Waals surface area contributed by atoms with Crippen LogP contribution in [0.4, 0.5) is 4.39 Å². The van der Waals surface area contributed by atoms with Crippen molar-refractivity contribution in [1.82, 2.24) is 14.8 Å². The second-order valence-electron chi connectivity index (χ2n) is 5.37. The Balaban J connectivity index is 1.67. The van der Waals surface area contributed by atoms with Gasteiger partial charge in [-0.1, -0.05) is 18.2 Å². The second-order valence-corrected chi connectivity index (χ2v) is 6.53. The van der Waals surface area contributed by atoms with E-state index in [-0.39, 0.29) is 17.3 Å². The molecule has 1 aliphatic rings. The van der Waals surface area contributed by atoms with Gasteiger partial charge in [0.15, 0.2) is 5.70 Å². The van der Waals surface area contributed by atoms with Crippen LogP contribution in [0.2, 0.25) is 0 Å². The van der Waals surface area contributed by atoms with Gasteiger partial charge < -0.3 is 4.74 Å². The molecule has 4 rings (SSSR count). The first kappa shape index (κ1) is 16.6. The van der Waals surface area contributed by atoms with Gasteiger partial charge in [-0.3, -0.25) is 0 Å². The number of nitrogens with zero attached hydrogens (tertiary/aromatic N) is 4. The topological polar surface area (TPSA) is 69.4 Å². The van der Waals surface area contributed by atoms with E-state index in [2.05, 4.69) is 37.7 Å². The highest BCUT2D eigenvalue weighted by Gasteiger charge is 2.25. The maximum absolute atomic E-state index is 14.3. The fraction of sp³-hybridized carbons (Fsp3) is 0. The maximum atomic E-state index is 14.3. The van der Waals surface area contributed by atoms with Gasteiger partial charge in [0, 0.05) is 3.57 Å². The van der Waals surface area contributed by atoms with Crippen molar-refractivity contribution in [3.05, 3.63) is 81.3 Å². The summed E-state index contributed by atoms with van der Waals surface area (Å²) in [5.41, 5.74) is 1.61. The van der Waals surface area contributed by atoms with E-state index < -0.39 is 11.8 Å². The Kier molecular flexibility index (Phi) is 4.33. The summed E-state index contributed by atoms with van der Waals surface area (Å²) >= 11 is 2.15. The van der Waals surface area contributed by atoms with Crippen molar-refractivity contribution >= 4 is 40.5 Å². The van der Waals surface area contributed by atoms with Crippen LogP contribution >= 0.6 is 22.6 Å². The van der Waals surface area contributed by atoms with Gasteiger partial charge >= 0.3 is 5.97 Å². The highest BCUT2D eigenvalue weighted by atomic mass is 127. The summed E-state index contributed by atoms with van der Waals surface area (Å²) in [6.45, 7) is 0. The Morgan fingerprint density at radius 2 is 2.04 bits per heavy atom. The molecular formula is C18H10FIN4O2. The molecule has 0 radical (unpaired) electrons. The first-order chi connectivity index (χ1) is 12.6. The van der Waals surface area contributed by atoms with Crippen molar-refractivity contribution in [2.24, 2.45) is 4.99 Å². The van der Waals surface area contributed by atoms with Gasteiger partial charge in [0.05, 0.1) is 5.56 Å². The number of cyclic esters (lactones) is 1. The average molecular weight is 460 g/mol. The number of carbonyl (C=O) groups excluding carboxylic acids is 1. The van der Waals surface area contributed by atoms with Crippen LogP contribution in [0.3, 0.4) is 0 Å². The molecule has 0 N–H and O–H groups in total. The molecule has 0 unspecified atom stereocenters. The summed E-state index contributed by atoms with van der Waals surface area (Å²) in [5.74, 6) is -0.815. The Morgan fingerprint density at radius 3 is 2.77 bits per heavy atom. The highest BCUT2D eigenvalue weighted by Crippen LogP contribution is 2.23. The van der Waals surface area contributed by atoms with Gasteiger partial charge in [0.1, 0.15) is 24.2 Å².